The predicted octanol–water partition coefficient (Wildman–Crippen LogP) is 2.80. The van der Waals surface area contributed by atoms with Crippen molar-refractivity contribution in [2.24, 2.45) is 5.41 Å². The fraction of sp³-hybridized carbons (Fsp3) is 0.500. The first-order valence-electron chi connectivity index (χ1n) is 6.89. The second-order valence-corrected chi connectivity index (χ2v) is 6.15. The van der Waals surface area contributed by atoms with E-state index < -0.39 is 11.4 Å². The minimum Gasteiger partial charge on any atom is -0.508 e. The van der Waals surface area contributed by atoms with Gasteiger partial charge < -0.3 is 15.1 Å². The Kier molecular flexibility index (Phi) is 5.35. The van der Waals surface area contributed by atoms with Crippen LogP contribution in [0.5, 0.6) is 5.75 Å². The summed E-state index contributed by atoms with van der Waals surface area (Å²) in [7, 11) is 1.66. The van der Waals surface area contributed by atoms with Gasteiger partial charge in [-0.25, -0.2) is 0 Å². The van der Waals surface area contributed by atoms with E-state index in [4.69, 9.17) is 5.11 Å². The number of carbonyl (C=O) groups is 2. The summed E-state index contributed by atoms with van der Waals surface area (Å²) >= 11 is 0. The highest BCUT2D eigenvalue weighted by molar-refractivity contribution is 5.78. The highest BCUT2D eigenvalue weighted by atomic mass is 16.4. The Labute approximate surface area is 125 Å². The van der Waals surface area contributed by atoms with E-state index in [2.05, 4.69) is 0 Å². The third kappa shape index (κ3) is 4.77. The van der Waals surface area contributed by atoms with Crippen molar-refractivity contribution >= 4 is 11.9 Å². The Balaban J connectivity index is 2.79. The van der Waals surface area contributed by atoms with Gasteiger partial charge in [-0.2, -0.15) is 0 Å². The van der Waals surface area contributed by atoms with Crippen LogP contribution in [0.2, 0.25) is 0 Å². The van der Waals surface area contributed by atoms with Crippen LogP contribution in [0.1, 0.15) is 45.2 Å². The van der Waals surface area contributed by atoms with Gasteiger partial charge in [0.1, 0.15) is 5.75 Å². The van der Waals surface area contributed by atoms with E-state index in [1.807, 2.05) is 6.92 Å². The summed E-state index contributed by atoms with van der Waals surface area (Å²) in [6.07, 6.45) is 0.0886. The second-order valence-electron chi connectivity index (χ2n) is 6.15. The molecule has 0 radical (unpaired) electrons. The van der Waals surface area contributed by atoms with Crippen LogP contribution in [-0.2, 0) is 9.59 Å². The topological polar surface area (TPSA) is 77.8 Å². The van der Waals surface area contributed by atoms with E-state index in [0.29, 0.717) is 5.56 Å². The minimum absolute atomic E-state index is 0.0580. The number of phenolic OH excluding ortho intramolecular Hbond substituents is 1. The molecule has 2 N–H and O–H groups in total. The van der Waals surface area contributed by atoms with Gasteiger partial charge in [0.05, 0.1) is 12.5 Å². The summed E-state index contributed by atoms with van der Waals surface area (Å²) in [6, 6.07) is 6.60. The quantitative estimate of drug-likeness (QED) is 0.845. The molecule has 116 valence electrons. The summed E-state index contributed by atoms with van der Waals surface area (Å²) in [6.45, 7) is 5.35. The van der Waals surface area contributed by atoms with Crippen LogP contribution < -0.4 is 0 Å². The lowest BCUT2D eigenvalue weighted by molar-refractivity contribution is -0.140. The Bertz CT molecular complexity index is 525. The van der Waals surface area contributed by atoms with Crippen LogP contribution in [0.4, 0.5) is 0 Å². The van der Waals surface area contributed by atoms with Crippen molar-refractivity contribution < 1.29 is 19.8 Å². The van der Waals surface area contributed by atoms with Gasteiger partial charge in [0.2, 0.25) is 5.91 Å². The Morgan fingerprint density at radius 3 is 2.33 bits per heavy atom. The van der Waals surface area contributed by atoms with E-state index in [1.54, 1.807) is 50.1 Å². The number of nitrogens with zero attached hydrogens (tertiary/aromatic N) is 1. The van der Waals surface area contributed by atoms with Crippen molar-refractivity contribution in [1.82, 2.24) is 4.90 Å². The molecule has 1 unspecified atom stereocenters. The number of amides is 1. The van der Waals surface area contributed by atoms with Crippen LogP contribution in [0.15, 0.2) is 24.3 Å². The third-order valence-electron chi connectivity index (χ3n) is 3.62. The largest absolute Gasteiger partial charge is 0.508 e. The van der Waals surface area contributed by atoms with E-state index in [-0.39, 0.29) is 30.5 Å². The van der Waals surface area contributed by atoms with Crippen molar-refractivity contribution in [2.75, 3.05) is 7.05 Å². The highest BCUT2D eigenvalue weighted by Crippen LogP contribution is 2.30. The summed E-state index contributed by atoms with van der Waals surface area (Å²) in [4.78, 5) is 24.7. The molecule has 0 aliphatic heterocycles. The number of rotatable bonds is 6. The van der Waals surface area contributed by atoms with E-state index >= 15 is 0 Å². The molecular weight excluding hydrogens is 270 g/mol. The zero-order valence-corrected chi connectivity index (χ0v) is 13.0. The number of benzene rings is 1. The lowest BCUT2D eigenvalue weighted by atomic mass is 9.85. The van der Waals surface area contributed by atoms with Gasteiger partial charge >= 0.3 is 5.97 Å². The van der Waals surface area contributed by atoms with Crippen LogP contribution in [0.3, 0.4) is 0 Å². The van der Waals surface area contributed by atoms with Crippen molar-refractivity contribution in [3.05, 3.63) is 29.8 Å². The maximum atomic E-state index is 12.3. The van der Waals surface area contributed by atoms with Gasteiger partial charge in [-0.3, -0.25) is 9.59 Å². The zero-order valence-electron chi connectivity index (χ0n) is 13.0. The lowest BCUT2D eigenvalue weighted by Gasteiger charge is -2.30. The number of hydrogen-bond donors (Lipinski definition) is 2. The summed E-state index contributed by atoms with van der Waals surface area (Å²) in [5.41, 5.74) is 0.0692. The van der Waals surface area contributed by atoms with Crippen LogP contribution in [-0.4, -0.2) is 34.0 Å². The van der Waals surface area contributed by atoms with Crippen LogP contribution in [0, 0.1) is 5.41 Å². The smallest absolute Gasteiger partial charge is 0.303 e. The molecule has 21 heavy (non-hydrogen) atoms. The van der Waals surface area contributed by atoms with Crippen molar-refractivity contribution in [2.45, 2.75) is 39.7 Å². The normalized spacial score (nSPS) is 12.8. The molecule has 0 spiro atoms. The Morgan fingerprint density at radius 1 is 1.24 bits per heavy atom. The number of carbonyl (C=O) groups excluding carboxylic acids is 1. The standard InChI is InChI=1S/C16H23NO4/c1-11(12-7-5-6-8-13(12)18)17(4)14(19)9-16(2,3)10-15(20)21/h5-8,11,18H,9-10H2,1-4H3,(H,20,21). The molecule has 0 heterocycles. The van der Waals surface area contributed by atoms with Crippen LogP contribution >= 0.6 is 0 Å². The van der Waals surface area contributed by atoms with Gasteiger partial charge in [0.15, 0.2) is 0 Å². The number of aromatic hydroxyl groups is 1. The molecule has 1 rings (SSSR count). The molecule has 1 aromatic carbocycles. The molecular formula is C16H23NO4. The molecule has 0 aliphatic rings. The number of aliphatic carboxylic acids is 1. The van der Waals surface area contributed by atoms with E-state index in [9.17, 15) is 14.7 Å². The minimum atomic E-state index is -0.913. The van der Waals surface area contributed by atoms with Crippen molar-refractivity contribution in [3.63, 3.8) is 0 Å². The molecule has 0 fully saturated rings. The number of carboxylic acids is 1. The summed E-state index contributed by atoms with van der Waals surface area (Å²) in [5, 5.41) is 18.7. The first-order valence-corrected chi connectivity index (χ1v) is 6.89. The Morgan fingerprint density at radius 2 is 1.81 bits per heavy atom. The van der Waals surface area contributed by atoms with Gasteiger partial charge in [0.25, 0.3) is 0 Å². The lowest BCUT2D eigenvalue weighted by Crippen LogP contribution is -2.33. The maximum absolute atomic E-state index is 12.3. The van der Waals surface area contributed by atoms with Gasteiger partial charge in [-0.15, -0.1) is 0 Å². The maximum Gasteiger partial charge on any atom is 0.303 e. The van der Waals surface area contributed by atoms with E-state index in [0.717, 1.165) is 0 Å². The monoisotopic (exact) mass is 293 g/mol. The van der Waals surface area contributed by atoms with Gasteiger partial charge in [-0.05, 0) is 18.4 Å². The summed E-state index contributed by atoms with van der Waals surface area (Å²) < 4.78 is 0. The first kappa shape index (κ1) is 17.0. The summed E-state index contributed by atoms with van der Waals surface area (Å²) in [5.74, 6) is -0.907. The molecule has 5 heteroatoms. The molecule has 1 amide bonds. The Hall–Kier alpha value is -2.04. The number of hydrogen-bond acceptors (Lipinski definition) is 3. The molecule has 0 bridgehead atoms. The number of phenols is 1. The molecule has 5 nitrogen and oxygen atoms in total. The fourth-order valence-corrected chi connectivity index (χ4v) is 2.27. The van der Waals surface area contributed by atoms with E-state index in [1.165, 1.54) is 0 Å². The van der Waals surface area contributed by atoms with Crippen molar-refractivity contribution in [1.29, 1.82) is 0 Å². The molecule has 0 aromatic heterocycles. The molecule has 1 atom stereocenters. The average Bonchev–Trinajstić information content (AvgIpc) is 2.35. The zero-order chi connectivity index (χ0) is 16.2. The SMILES string of the molecule is CC(c1ccccc1O)N(C)C(=O)CC(C)(C)CC(=O)O. The number of para-hydroxylation sites is 1. The number of carboxylic acid groups (broad SMARTS) is 1. The molecule has 0 saturated heterocycles. The molecule has 1 aromatic rings. The second kappa shape index (κ2) is 6.61. The highest BCUT2D eigenvalue weighted by Gasteiger charge is 2.28. The molecule has 0 saturated carbocycles. The van der Waals surface area contributed by atoms with Crippen LogP contribution in [0.25, 0.3) is 0 Å². The first-order chi connectivity index (χ1) is 9.64. The average molecular weight is 293 g/mol. The predicted molar refractivity (Wildman–Crippen MR) is 79.9 cm³/mol. The fourth-order valence-electron chi connectivity index (χ4n) is 2.27. The molecule has 0 aliphatic carbocycles. The van der Waals surface area contributed by atoms with Crippen molar-refractivity contribution in [3.8, 4) is 5.75 Å². The van der Waals surface area contributed by atoms with Gasteiger partial charge in [-0.1, -0.05) is 32.0 Å². The third-order valence-corrected chi connectivity index (χ3v) is 3.62. The van der Waals surface area contributed by atoms with Gasteiger partial charge in [0, 0.05) is 19.0 Å².